The third-order valence-corrected chi connectivity index (χ3v) is 3.82. The van der Waals surface area contributed by atoms with Crippen LogP contribution in [0, 0.1) is 5.92 Å². The fourth-order valence-corrected chi connectivity index (χ4v) is 2.40. The summed E-state index contributed by atoms with van der Waals surface area (Å²) < 4.78 is 1.96. The molecule has 5 nitrogen and oxygen atoms in total. The van der Waals surface area contributed by atoms with E-state index in [9.17, 15) is 0 Å². The first kappa shape index (κ1) is 14.5. The van der Waals surface area contributed by atoms with Crippen molar-refractivity contribution in [2.75, 3.05) is 26.7 Å². The van der Waals surface area contributed by atoms with Crippen molar-refractivity contribution in [1.82, 2.24) is 25.2 Å². The third kappa shape index (κ3) is 4.91. The molecular formula is C14H27N5. The van der Waals surface area contributed by atoms with Crippen molar-refractivity contribution < 1.29 is 0 Å². The lowest BCUT2D eigenvalue weighted by molar-refractivity contribution is 0.199. The summed E-state index contributed by atoms with van der Waals surface area (Å²) in [6, 6.07) is 0. The molecule has 1 aliphatic carbocycles. The fourth-order valence-electron chi connectivity index (χ4n) is 2.40. The number of nitrogens with zero attached hydrogens (tertiary/aromatic N) is 4. The van der Waals surface area contributed by atoms with Gasteiger partial charge >= 0.3 is 0 Å². The zero-order valence-electron chi connectivity index (χ0n) is 12.3. The molecule has 0 bridgehead atoms. The predicted molar refractivity (Wildman–Crippen MR) is 76.9 cm³/mol. The van der Waals surface area contributed by atoms with Gasteiger partial charge in [-0.3, -0.25) is 4.68 Å². The highest BCUT2D eigenvalue weighted by atomic mass is 15.4. The molecule has 0 spiro atoms. The van der Waals surface area contributed by atoms with Crippen LogP contribution in [0.3, 0.4) is 0 Å². The van der Waals surface area contributed by atoms with E-state index < -0.39 is 0 Å². The molecule has 0 unspecified atom stereocenters. The maximum absolute atomic E-state index is 4.19. The van der Waals surface area contributed by atoms with E-state index in [-0.39, 0.29) is 0 Å². The fraction of sp³-hybridized carbons (Fsp3) is 0.857. The Hall–Kier alpha value is -0.940. The van der Waals surface area contributed by atoms with Crippen LogP contribution in [0.5, 0.6) is 0 Å². The normalized spacial score (nSPS) is 15.9. The zero-order chi connectivity index (χ0) is 13.5. The van der Waals surface area contributed by atoms with Crippen LogP contribution < -0.4 is 5.32 Å². The summed E-state index contributed by atoms with van der Waals surface area (Å²) >= 11 is 0. The number of aromatic nitrogens is 3. The first-order valence-electron chi connectivity index (χ1n) is 7.56. The molecule has 108 valence electrons. The minimum Gasteiger partial charge on any atom is -0.311 e. The van der Waals surface area contributed by atoms with E-state index in [4.69, 9.17) is 0 Å². The van der Waals surface area contributed by atoms with Gasteiger partial charge in [-0.05, 0) is 38.8 Å². The summed E-state index contributed by atoms with van der Waals surface area (Å²) in [5, 5.41) is 11.7. The largest absolute Gasteiger partial charge is 0.311 e. The van der Waals surface area contributed by atoms with E-state index in [0.717, 1.165) is 44.2 Å². The predicted octanol–water partition coefficient (Wildman–Crippen LogP) is 1.51. The minimum atomic E-state index is 0.825. The SMILES string of the molecule is CCCNCc1cn(CCN(C)CC2CCC2)nn1. The van der Waals surface area contributed by atoms with E-state index in [0.29, 0.717) is 0 Å². The highest BCUT2D eigenvalue weighted by molar-refractivity contribution is 4.91. The number of nitrogens with one attached hydrogen (secondary N) is 1. The Morgan fingerprint density at radius 2 is 2.32 bits per heavy atom. The van der Waals surface area contributed by atoms with Gasteiger partial charge < -0.3 is 10.2 Å². The molecule has 19 heavy (non-hydrogen) atoms. The Morgan fingerprint density at radius 3 is 3.00 bits per heavy atom. The van der Waals surface area contributed by atoms with Gasteiger partial charge in [-0.2, -0.15) is 0 Å². The average Bonchev–Trinajstić information content (AvgIpc) is 2.80. The van der Waals surface area contributed by atoms with Gasteiger partial charge in [-0.1, -0.05) is 18.6 Å². The number of hydrogen-bond acceptors (Lipinski definition) is 4. The quantitative estimate of drug-likeness (QED) is 0.688. The zero-order valence-corrected chi connectivity index (χ0v) is 12.3. The van der Waals surface area contributed by atoms with Crippen LogP contribution in [0.15, 0.2) is 6.20 Å². The Bertz CT molecular complexity index is 358. The van der Waals surface area contributed by atoms with E-state index in [1.165, 1.54) is 25.8 Å². The van der Waals surface area contributed by atoms with Crippen molar-refractivity contribution in [1.29, 1.82) is 0 Å². The van der Waals surface area contributed by atoms with Crippen molar-refractivity contribution >= 4 is 0 Å². The topological polar surface area (TPSA) is 46.0 Å². The smallest absolute Gasteiger partial charge is 0.0964 e. The summed E-state index contributed by atoms with van der Waals surface area (Å²) in [5.74, 6) is 0.939. The molecule has 0 amide bonds. The van der Waals surface area contributed by atoms with Crippen LogP contribution in [0.1, 0.15) is 38.3 Å². The third-order valence-electron chi connectivity index (χ3n) is 3.82. The van der Waals surface area contributed by atoms with Crippen LogP contribution in [-0.4, -0.2) is 46.6 Å². The Balaban J connectivity index is 1.64. The van der Waals surface area contributed by atoms with Crippen LogP contribution in [0.25, 0.3) is 0 Å². The standard InChI is InChI=1S/C14H27N5/c1-3-7-15-10-14-12-19(17-16-14)9-8-18(2)11-13-5-4-6-13/h12-13,15H,3-11H2,1-2H3. The van der Waals surface area contributed by atoms with Gasteiger partial charge in [0.15, 0.2) is 0 Å². The molecule has 1 saturated carbocycles. The molecule has 0 radical (unpaired) electrons. The molecule has 0 saturated heterocycles. The van der Waals surface area contributed by atoms with Crippen LogP contribution in [0.4, 0.5) is 0 Å². The molecule has 2 rings (SSSR count). The van der Waals surface area contributed by atoms with Gasteiger partial charge in [0.1, 0.15) is 0 Å². The summed E-state index contributed by atoms with van der Waals surface area (Å²) in [5.41, 5.74) is 1.04. The molecule has 0 aromatic carbocycles. The van der Waals surface area contributed by atoms with Gasteiger partial charge in [0.2, 0.25) is 0 Å². The molecule has 1 heterocycles. The summed E-state index contributed by atoms with van der Waals surface area (Å²) in [6.07, 6.45) is 7.47. The molecular weight excluding hydrogens is 238 g/mol. The second-order valence-corrected chi connectivity index (χ2v) is 5.71. The van der Waals surface area contributed by atoms with Crippen LogP contribution in [-0.2, 0) is 13.1 Å². The number of hydrogen-bond donors (Lipinski definition) is 1. The van der Waals surface area contributed by atoms with Crippen LogP contribution >= 0.6 is 0 Å². The van der Waals surface area contributed by atoms with Crippen LogP contribution in [0.2, 0.25) is 0 Å². The van der Waals surface area contributed by atoms with E-state index in [1.54, 1.807) is 0 Å². The minimum absolute atomic E-state index is 0.825. The maximum atomic E-state index is 4.19. The second-order valence-electron chi connectivity index (χ2n) is 5.71. The molecule has 1 aliphatic rings. The Kier molecular flexibility index (Phi) is 5.79. The lowest BCUT2D eigenvalue weighted by Gasteiger charge is -2.29. The average molecular weight is 265 g/mol. The number of likely N-dealkylation sites (N-methyl/N-ethyl adjacent to an activating group) is 1. The lowest BCUT2D eigenvalue weighted by Crippen LogP contribution is -2.31. The molecule has 5 heteroatoms. The Morgan fingerprint density at radius 1 is 1.47 bits per heavy atom. The molecule has 0 aliphatic heterocycles. The molecule has 0 atom stereocenters. The monoisotopic (exact) mass is 265 g/mol. The second kappa shape index (κ2) is 7.60. The number of rotatable bonds is 9. The van der Waals surface area contributed by atoms with Crippen molar-refractivity contribution in [3.8, 4) is 0 Å². The maximum Gasteiger partial charge on any atom is 0.0964 e. The van der Waals surface area contributed by atoms with Crippen molar-refractivity contribution in [3.05, 3.63) is 11.9 Å². The van der Waals surface area contributed by atoms with Gasteiger partial charge in [-0.25, -0.2) is 0 Å². The molecule has 1 aromatic rings. The summed E-state index contributed by atoms with van der Waals surface area (Å²) in [6.45, 7) is 7.26. The van der Waals surface area contributed by atoms with E-state index >= 15 is 0 Å². The van der Waals surface area contributed by atoms with Gasteiger partial charge in [-0.15, -0.1) is 5.10 Å². The lowest BCUT2D eigenvalue weighted by atomic mass is 9.85. The van der Waals surface area contributed by atoms with Crippen molar-refractivity contribution in [3.63, 3.8) is 0 Å². The molecule has 1 N–H and O–H groups in total. The first-order chi connectivity index (χ1) is 9.28. The highest BCUT2D eigenvalue weighted by Crippen LogP contribution is 2.26. The van der Waals surface area contributed by atoms with Gasteiger partial charge in [0.25, 0.3) is 0 Å². The Labute approximate surface area is 116 Å². The van der Waals surface area contributed by atoms with Crippen molar-refractivity contribution in [2.24, 2.45) is 5.92 Å². The summed E-state index contributed by atoms with van der Waals surface area (Å²) in [7, 11) is 2.21. The first-order valence-corrected chi connectivity index (χ1v) is 7.56. The van der Waals surface area contributed by atoms with Gasteiger partial charge in [0.05, 0.1) is 12.2 Å². The van der Waals surface area contributed by atoms with E-state index in [1.807, 2.05) is 4.68 Å². The van der Waals surface area contributed by atoms with E-state index in [2.05, 4.69) is 40.7 Å². The van der Waals surface area contributed by atoms with Crippen molar-refractivity contribution in [2.45, 2.75) is 45.7 Å². The molecule has 1 aromatic heterocycles. The highest BCUT2D eigenvalue weighted by Gasteiger charge is 2.18. The van der Waals surface area contributed by atoms with Gasteiger partial charge in [0, 0.05) is 25.8 Å². The molecule has 1 fully saturated rings. The summed E-state index contributed by atoms with van der Waals surface area (Å²) in [4.78, 5) is 2.42.